The van der Waals surface area contributed by atoms with Crippen LogP contribution in [0.15, 0.2) is 18.2 Å². The number of nitrogens with two attached hydrogens (primary N) is 2. The number of benzene rings is 1. The quantitative estimate of drug-likeness (QED) is 0.622. The number of hydrogen-bond donors (Lipinski definition) is 3. The highest BCUT2D eigenvalue weighted by Gasteiger charge is 2.13. The standard InChI is InChI=1S/C10H14N2O2/c1-6(11)5-8-7(10(13)14)3-2-4-9(8)12/h2-4,6H,5,11-12H2,1H3,(H,13,14)/t6-/m1/s1. The maximum absolute atomic E-state index is 10.9. The van der Waals surface area contributed by atoms with Gasteiger partial charge in [-0.3, -0.25) is 0 Å². The van der Waals surface area contributed by atoms with Gasteiger partial charge >= 0.3 is 5.97 Å². The lowest BCUT2D eigenvalue weighted by molar-refractivity contribution is 0.0695. The molecule has 0 spiro atoms. The third-order valence-electron chi connectivity index (χ3n) is 1.97. The third-order valence-corrected chi connectivity index (χ3v) is 1.97. The van der Waals surface area contributed by atoms with Gasteiger partial charge in [0.15, 0.2) is 0 Å². The highest BCUT2D eigenvalue weighted by atomic mass is 16.4. The van der Waals surface area contributed by atoms with Gasteiger partial charge in [0.1, 0.15) is 0 Å². The van der Waals surface area contributed by atoms with Crippen molar-refractivity contribution >= 4 is 11.7 Å². The van der Waals surface area contributed by atoms with Gasteiger partial charge in [0.05, 0.1) is 5.56 Å². The smallest absolute Gasteiger partial charge is 0.336 e. The van der Waals surface area contributed by atoms with Gasteiger partial charge in [-0.15, -0.1) is 0 Å². The molecular weight excluding hydrogens is 180 g/mol. The maximum atomic E-state index is 10.9. The number of carbonyl (C=O) groups is 1. The monoisotopic (exact) mass is 194 g/mol. The van der Waals surface area contributed by atoms with Crippen molar-refractivity contribution in [2.45, 2.75) is 19.4 Å². The number of anilines is 1. The van der Waals surface area contributed by atoms with E-state index >= 15 is 0 Å². The fourth-order valence-electron chi connectivity index (χ4n) is 1.35. The van der Waals surface area contributed by atoms with Gasteiger partial charge in [0.2, 0.25) is 0 Å². The Morgan fingerprint density at radius 1 is 1.57 bits per heavy atom. The van der Waals surface area contributed by atoms with E-state index in [0.29, 0.717) is 17.7 Å². The molecule has 0 aliphatic rings. The van der Waals surface area contributed by atoms with Gasteiger partial charge in [-0.1, -0.05) is 6.07 Å². The van der Waals surface area contributed by atoms with Crippen LogP contribution in [0.4, 0.5) is 5.69 Å². The Hall–Kier alpha value is -1.55. The van der Waals surface area contributed by atoms with Gasteiger partial charge < -0.3 is 16.6 Å². The summed E-state index contributed by atoms with van der Waals surface area (Å²) in [6.45, 7) is 1.82. The predicted molar refractivity (Wildman–Crippen MR) is 55.2 cm³/mol. The van der Waals surface area contributed by atoms with Crippen LogP contribution in [0.5, 0.6) is 0 Å². The Kier molecular flexibility index (Phi) is 3.09. The largest absolute Gasteiger partial charge is 0.478 e. The van der Waals surface area contributed by atoms with E-state index in [1.807, 2.05) is 6.92 Å². The average molecular weight is 194 g/mol. The molecule has 14 heavy (non-hydrogen) atoms. The summed E-state index contributed by atoms with van der Waals surface area (Å²) < 4.78 is 0. The molecule has 5 N–H and O–H groups in total. The van der Waals surface area contributed by atoms with Crippen molar-refractivity contribution in [2.24, 2.45) is 5.73 Å². The van der Waals surface area contributed by atoms with Crippen molar-refractivity contribution < 1.29 is 9.90 Å². The zero-order valence-electron chi connectivity index (χ0n) is 8.03. The maximum Gasteiger partial charge on any atom is 0.336 e. The Morgan fingerprint density at radius 2 is 2.21 bits per heavy atom. The van der Waals surface area contributed by atoms with Crippen LogP contribution in [-0.4, -0.2) is 17.1 Å². The minimum Gasteiger partial charge on any atom is -0.478 e. The van der Waals surface area contributed by atoms with Crippen LogP contribution in [-0.2, 0) is 6.42 Å². The molecule has 76 valence electrons. The summed E-state index contributed by atoms with van der Waals surface area (Å²) in [6.07, 6.45) is 0.480. The average Bonchev–Trinajstić information content (AvgIpc) is 2.07. The first kappa shape index (κ1) is 10.5. The van der Waals surface area contributed by atoms with Crippen LogP contribution >= 0.6 is 0 Å². The second kappa shape index (κ2) is 4.11. The summed E-state index contributed by atoms with van der Waals surface area (Å²) in [4.78, 5) is 10.9. The van der Waals surface area contributed by atoms with Crippen molar-refractivity contribution in [3.63, 3.8) is 0 Å². The predicted octanol–water partition coefficient (Wildman–Crippen LogP) is 0.857. The molecule has 0 saturated carbocycles. The molecule has 4 nitrogen and oxygen atoms in total. The molecule has 0 saturated heterocycles. The normalized spacial score (nSPS) is 12.4. The number of nitrogen functional groups attached to an aromatic ring is 1. The van der Waals surface area contributed by atoms with Gasteiger partial charge in [-0.25, -0.2) is 4.79 Å². The number of carboxylic acids is 1. The van der Waals surface area contributed by atoms with Crippen molar-refractivity contribution in [1.29, 1.82) is 0 Å². The van der Waals surface area contributed by atoms with E-state index in [2.05, 4.69) is 0 Å². The molecule has 0 amide bonds. The van der Waals surface area contributed by atoms with Crippen LogP contribution < -0.4 is 11.5 Å². The molecule has 1 aromatic rings. The van der Waals surface area contributed by atoms with Gasteiger partial charge in [0.25, 0.3) is 0 Å². The fourth-order valence-corrected chi connectivity index (χ4v) is 1.35. The molecule has 0 radical (unpaired) electrons. The fraction of sp³-hybridized carbons (Fsp3) is 0.300. The highest BCUT2D eigenvalue weighted by Crippen LogP contribution is 2.18. The van der Waals surface area contributed by atoms with Crippen LogP contribution in [0.25, 0.3) is 0 Å². The van der Waals surface area contributed by atoms with Crippen molar-refractivity contribution in [3.8, 4) is 0 Å². The van der Waals surface area contributed by atoms with Crippen LogP contribution in [0.3, 0.4) is 0 Å². The third kappa shape index (κ3) is 2.23. The summed E-state index contributed by atoms with van der Waals surface area (Å²) in [6, 6.07) is 4.75. The molecular formula is C10H14N2O2. The Labute approximate surface area is 82.5 Å². The van der Waals surface area contributed by atoms with Crippen molar-refractivity contribution in [3.05, 3.63) is 29.3 Å². The van der Waals surface area contributed by atoms with E-state index in [9.17, 15) is 4.79 Å². The number of aromatic carboxylic acids is 1. The Bertz CT molecular complexity index is 348. The summed E-state index contributed by atoms with van der Waals surface area (Å²) in [5.74, 6) is -0.965. The molecule has 0 fully saturated rings. The molecule has 0 aliphatic heterocycles. The molecule has 0 aromatic heterocycles. The molecule has 0 unspecified atom stereocenters. The SMILES string of the molecule is C[C@@H](N)Cc1c(N)cccc1C(=O)O. The molecule has 0 heterocycles. The summed E-state index contributed by atoms with van der Waals surface area (Å²) in [5, 5.41) is 8.91. The first-order chi connectivity index (χ1) is 6.52. The topological polar surface area (TPSA) is 89.3 Å². The lowest BCUT2D eigenvalue weighted by Crippen LogP contribution is -2.20. The highest BCUT2D eigenvalue weighted by molar-refractivity contribution is 5.91. The van der Waals surface area contributed by atoms with Crippen LogP contribution in [0.2, 0.25) is 0 Å². The number of carboxylic acid groups (broad SMARTS) is 1. The zero-order chi connectivity index (χ0) is 10.7. The second-order valence-corrected chi connectivity index (χ2v) is 3.36. The summed E-state index contributed by atoms with van der Waals surface area (Å²) >= 11 is 0. The number of hydrogen-bond acceptors (Lipinski definition) is 3. The van der Waals surface area contributed by atoms with Gasteiger partial charge in [0, 0.05) is 11.7 Å². The molecule has 4 heteroatoms. The number of rotatable bonds is 3. The van der Waals surface area contributed by atoms with Gasteiger partial charge in [-0.2, -0.15) is 0 Å². The van der Waals surface area contributed by atoms with E-state index in [1.54, 1.807) is 12.1 Å². The van der Waals surface area contributed by atoms with E-state index in [0.717, 1.165) is 0 Å². The first-order valence-electron chi connectivity index (χ1n) is 4.38. The zero-order valence-corrected chi connectivity index (χ0v) is 8.03. The molecule has 0 aliphatic carbocycles. The van der Waals surface area contributed by atoms with Crippen molar-refractivity contribution in [2.75, 3.05) is 5.73 Å². The van der Waals surface area contributed by atoms with Crippen molar-refractivity contribution in [1.82, 2.24) is 0 Å². The Morgan fingerprint density at radius 3 is 2.71 bits per heavy atom. The minimum atomic E-state index is -0.965. The molecule has 0 bridgehead atoms. The Balaban J connectivity index is 3.15. The second-order valence-electron chi connectivity index (χ2n) is 3.36. The lowest BCUT2D eigenvalue weighted by atomic mass is 9.99. The van der Waals surface area contributed by atoms with Crippen LogP contribution in [0, 0.1) is 0 Å². The first-order valence-corrected chi connectivity index (χ1v) is 4.38. The molecule has 1 atom stereocenters. The minimum absolute atomic E-state index is 0.0993. The van der Waals surface area contributed by atoms with E-state index in [1.165, 1.54) is 6.07 Å². The lowest BCUT2D eigenvalue weighted by Gasteiger charge is -2.11. The van der Waals surface area contributed by atoms with Crippen LogP contribution in [0.1, 0.15) is 22.8 Å². The summed E-state index contributed by atoms with van der Waals surface area (Å²) in [5.41, 5.74) is 12.6. The van der Waals surface area contributed by atoms with E-state index in [4.69, 9.17) is 16.6 Å². The molecule has 1 rings (SSSR count). The summed E-state index contributed by atoms with van der Waals surface area (Å²) in [7, 11) is 0. The molecule has 1 aromatic carbocycles. The van der Waals surface area contributed by atoms with E-state index in [-0.39, 0.29) is 11.6 Å². The van der Waals surface area contributed by atoms with Gasteiger partial charge in [-0.05, 0) is 31.0 Å². The van der Waals surface area contributed by atoms with E-state index < -0.39 is 5.97 Å².